The van der Waals surface area contributed by atoms with Gasteiger partial charge < -0.3 is 10.1 Å². The lowest BCUT2D eigenvalue weighted by Gasteiger charge is -2.13. The Balaban J connectivity index is 2.28. The first-order valence-corrected chi connectivity index (χ1v) is 5.77. The zero-order chi connectivity index (χ0) is 14.0. The van der Waals surface area contributed by atoms with Crippen LogP contribution in [0.25, 0.3) is 0 Å². The van der Waals surface area contributed by atoms with Crippen LogP contribution in [0.3, 0.4) is 0 Å². The molecule has 1 aliphatic rings. The molecule has 1 aromatic rings. The van der Waals surface area contributed by atoms with E-state index in [-0.39, 0.29) is 24.3 Å². The van der Waals surface area contributed by atoms with Crippen LogP contribution in [0, 0.1) is 5.82 Å². The Morgan fingerprint density at radius 2 is 2.16 bits per heavy atom. The molecule has 0 bridgehead atoms. The van der Waals surface area contributed by atoms with Crippen LogP contribution in [0.1, 0.15) is 23.7 Å². The van der Waals surface area contributed by atoms with Gasteiger partial charge in [0.05, 0.1) is 18.2 Å². The predicted molar refractivity (Wildman–Crippen MR) is 63.5 cm³/mol. The first-order chi connectivity index (χ1) is 8.99. The van der Waals surface area contributed by atoms with Gasteiger partial charge in [0.15, 0.2) is 5.78 Å². The summed E-state index contributed by atoms with van der Waals surface area (Å²) in [4.78, 5) is 34.4. The van der Waals surface area contributed by atoms with Crippen molar-refractivity contribution >= 4 is 17.5 Å². The predicted octanol–water partition coefficient (Wildman–Crippen LogP) is 0.865. The normalized spacial score (nSPS) is 18.0. The molecule has 5 nitrogen and oxygen atoms in total. The van der Waals surface area contributed by atoms with Gasteiger partial charge in [-0.3, -0.25) is 14.4 Å². The van der Waals surface area contributed by atoms with Gasteiger partial charge in [0, 0.05) is 13.3 Å². The minimum absolute atomic E-state index is 0.0753. The Morgan fingerprint density at radius 1 is 1.42 bits per heavy atom. The van der Waals surface area contributed by atoms with Gasteiger partial charge in [-0.2, -0.15) is 0 Å². The SMILES string of the molecule is CC(=O)C(=O)NC1CCOc2ccc(F)cc2C1=O. The van der Waals surface area contributed by atoms with E-state index in [1.54, 1.807) is 0 Å². The summed E-state index contributed by atoms with van der Waals surface area (Å²) in [5.74, 6) is -2.25. The number of nitrogens with one attached hydrogen (secondary N) is 1. The Morgan fingerprint density at radius 3 is 2.84 bits per heavy atom. The van der Waals surface area contributed by atoms with Gasteiger partial charge in [0.1, 0.15) is 11.6 Å². The summed E-state index contributed by atoms with van der Waals surface area (Å²) in [6, 6.07) is 2.76. The van der Waals surface area contributed by atoms with Crippen molar-refractivity contribution in [2.75, 3.05) is 6.61 Å². The first kappa shape index (κ1) is 13.2. The standard InChI is InChI=1S/C13H12FNO4/c1-7(16)13(18)15-10-4-5-19-11-3-2-8(14)6-9(11)12(10)17/h2-3,6,10H,4-5H2,1H3,(H,15,18). The van der Waals surface area contributed by atoms with E-state index in [0.29, 0.717) is 0 Å². The molecule has 1 N–H and O–H groups in total. The molecule has 0 spiro atoms. The smallest absolute Gasteiger partial charge is 0.287 e. The summed E-state index contributed by atoms with van der Waals surface area (Å²) < 4.78 is 18.5. The largest absolute Gasteiger partial charge is 0.493 e. The molecule has 1 aromatic carbocycles. The van der Waals surface area contributed by atoms with Gasteiger partial charge in [-0.1, -0.05) is 0 Å². The maximum Gasteiger partial charge on any atom is 0.287 e. The highest BCUT2D eigenvalue weighted by atomic mass is 19.1. The van der Waals surface area contributed by atoms with Crippen LogP contribution in [-0.2, 0) is 9.59 Å². The summed E-state index contributed by atoms with van der Waals surface area (Å²) >= 11 is 0. The molecule has 0 aliphatic carbocycles. The second kappa shape index (κ2) is 5.17. The molecule has 2 rings (SSSR count). The third-order valence-corrected chi connectivity index (χ3v) is 2.81. The molecule has 1 aliphatic heterocycles. The average molecular weight is 265 g/mol. The van der Waals surface area contributed by atoms with Crippen LogP contribution < -0.4 is 10.1 Å². The first-order valence-electron chi connectivity index (χ1n) is 5.77. The summed E-state index contributed by atoms with van der Waals surface area (Å²) in [6.45, 7) is 1.31. The van der Waals surface area contributed by atoms with Gasteiger partial charge in [0.2, 0.25) is 5.78 Å². The Hall–Kier alpha value is -2.24. The van der Waals surface area contributed by atoms with Crippen molar-refractivity contribution in [3.8, 4) is 5.75 Å². The van der Waals surface area contributed by atoms with Crippen molar-refractivity contribution in [3.05, 3.63) is 29.6 Å². The number of hydrogen-bond donors (Lipinski definition) is 1. The van der Waals surface area contributed by atoms with E-state index in [4.69, 9.17) is 4.74 Å². The number of rotatable bonds is 2. The fourth-order valence-corrected chi connectivity index (χ4v) is 1.82. The van der Waals surface area contributed by atoms with Crippen LogP contribution in [0.2, 0.25) is 0 Å². The molecule has 6 heteroatoms. The maximum absolute atomic E-state index is 13.2. The number of benzene rings is 1. The quantitative estimate of drug-likeness (QED) is 0.805. The summed E-state index contributed by atoms with van der Waals surface area (Å²) in [6.07, 6.45) is 0.230. The fourth-order valence-electron chi connectivity index (χ4n) is 1.82. The van der Waals surface area contributed by atoms with E-state index >= 15 is 0 Å². The minimum Gasteiger partial charge on any atom is -0.493 e. The lowest BCUT2D eigenvalue weighted by atomic mass is 10.0. The number of Topliss-reactive ketones (excluding diaryl/α,β-unsaturated/α-hetero) is 2. The number of fused-ring (bicyclic) bond motifs is 1. The van der Waals surface area contributed by atoms with Gasteiger partial charge in [-0.05, 0) is 18.2 Å². The summed E-state index contributed by atoms with van der Waals surface area (Å²) in [5.41, 5.74) is 0.0753. The number of ether oxygens (including phenoxy) is 1. The molecule has 0 fully saturated rings. The highest BCUT2D eigenvalue weighted by Crippen LogP contribution is 2.25. The lowest BCUT2D eigenvalue weighted by molar-refractivity contribution is -0.137. The zero-order valence-electron chi connectivity index (χ0n) is 10.2. The second-order valence-electron chi connectivity index (χ2n) is 4.22. The maximum atomic E-state index is 13.2. The van der Waals surface area contributed by atoms with Crippen molar-refractivity contribution in [1.82, 2.24) is 5.32 Å². The molecule has 1 heterocycles. The van der Waals surface area contributed by atoms with Crippen LogP contribution in [0.4, 0.5) is 4.39 Å². The van der Waals surface area contributed by atoms with Crippen molar-refractivity contribution in [1.29, 1.82) is 0 Å². The van der Waals surface area contributed by atoms with E-state index in [1.807, 2.05) is 0 Å². The fraction of sp³-hybridized carbons (Fsp3) is 0.308. The molecular formula is C13H12FNO4. The number of amides is 1. The van der Waals surface area contributed by atoms with E-state index in [2.05, 4.69) is 5.32 Å². The number of hydrogen-bond acceptors (Lipinski definition) is 4. The van der Waals surface area contributed by atoms with Crippen LogP contribution in [0.15, 0.2) is 18.2 Å². The van der Waals surface area contributed by atoms with Crippen LogP contribution in [-0.4, -0.2) is 30.1 Å². The molecule has 1 atom stereocenters. The molecule has 0 saturated carbocycles. The monoisotopic (exact) mass is 265 g/mol. The van der Waals surface area contributed by atoms with E-state index < -0.39 is 29.3 Å². The zero-order valence-corrected chi connectivity index (χ0v) is 10.2. The number of ketones is 2. The van der Waals surface area contributed by atoms with Gasteiger partial charge in [-0.25, -0.2) is 4.39 Å². The molecule has 1 unspecified atom stereocenters. The topological polar surface area (TPSA) is 72.5 Å². The second-order valence-corrected chi connectivity index (χ2v) is 4.22. The third-order valence-electron chi connectivity index (χ3n) is 2.81. The molecular weight excluding hydrogens is 253 g/mol. The summed E-state index contributed by atoms with van der Waals surface area (Å²) in [7, 11) is 0. The molecule has 0 aromatic heterocycles. The third kappa shape index (κ3) is 2.78. The Bertz CT molecular complexity index is 556. The van der Waals surface area contributed by atoms with Crippen LogP contribution in [0.5, 0.6) is 5.75 Å². The molecule has 0 radical (unpaired) electrons. The van der Waals surface area contributed by atoms with Gasteiger partial charge in [-0.15, -0.1) is 0 Å². The molecule has 19 heavy (non-hydrogen) atoms. The minimum atomic E-state index is -0.876. The highest BCUT2D eigenvalue weighted by molar-refractivity contribution is 6.35. The highest BCUT2D eigenvalue weighted by Gasteiger charge is 2.28. The van der Waals surface area contributed by atoms with Crippen molar-refractivity contribution in [3.63, 3.8) is 0 Å². The Labute approximate surface area is 108 Å². The van der Waals surface area contributed by atoms with Gasteiger partial charge >= 0.3 is 0 Å². The van der Waals surface area contributed by atoms with Crippen molar-refractivity contribution < 1.29 is 23.5 Å². The average Bonchev–Trinajstić information content (AvgIpc) is 2.51. The summed E-state index contributed by atoms with van der Waals surface area (Å²) in [5, 5.41) is 2.33. The van der Waals surface area contributed by atoms with E-state index in [0.717, 1.165) is 13.0 Å². The Kier molecular flexibility index (Phi) is 3.59. The van der Waals surface area contributed by atoms with E-state index in [9.17, 15) is 18.8 Å². The van der Waals surface area contributed by atoms with Gasteiger partial charge in [0.25, 0.3) is 5.91 Å². The molecule has 100 valence electrons. The number of carbonyl (C=O) groups is 3. The van der Waals surface area contributed by atoms with Crippen molar-refractivity contribution in [2.24, 2.45) is 0 Å². The lowest BCUT2D eigenvalue weighted by Crippen LogP contribution is -2.43. The number of carbonyl (C=O) groups excluding carboxylic acids is 3. The molecule has 0 saturated heterocycles. The molecule has 1 amide bonds. The van der Waals surface area contributed by atoms with Crippen molar-refractivity contribution in [2.45, 2.75) is 19.4 Å². The van der Waals surface area contributed by atoms with E-state index in [1.165, 1.54) is 12.1 Å². The van der Waals surface area contributed by atoms with Crippen LogP contribution >= 0.6 is 0 Å². The number of halogens is 1.